The third-order valence-corrected chi connectivity index (χ3v) is 6.24. The molecular weight excluding hydrogens is 528 g/mol. The van der Waals surface area contributed by atoms with Crippen molar-refractivity contribution in [2.24, 2.45) is 17.4 Å². The quantitative estimate of drug-likeness (QED) is 0.193. The number of imidazole rings is 1. The number of amides is 2. The van der Waals surface area contributed by atoms with Crippen LogP contribution in [0.1, 0.15) is 41.6 Å². The Morgan fingerprint density at radius 2 is 1.71 bits per heavy atom. The molecule has 41 heavy (non-hydrogen) atoms. The Morgan fingerprint density at radius 3 is 2.32 bits per heavy atom. The smallest absolute Gasteiger partial charge is 0.327 e. The molecule has 4 aromatic rings. The Kier molecular flexibility index (Phi) is 8.08. The number of nitrogens with zero attached hydrogens (tertiary/aromatic N) is 5. The summed E-state index contributed by atoms with van der Waals surface area (Å²) in [6, 6.07) is 10.4. The molecule has 0 aliphatic carbocycles. The second-order valence-electron chi connectivity index (χ2n) is 9.81. The number of aryl methyl sites for hydroxylation is 1. The van der Waals surface area contributed by atoms with Crippen molar-refractivity contribution in [1.82, 2.24) is 24.4 Å². The Labute approximate surface area is 236 Å². The van der Waals surface area contributed by atoms with E-state index in [0.717, 1.165) is 0 Å². The molecule has 0 aliphatic rings. The molecule has 0 saturated heterocycles. The minimum absolute atomic E-state index is 0.0231. The number of primary amides is 1. The highest BCUT2D eigenvalue weighted by atomic mass is 16.5. The summed E-state index contributed by atoms with van der Waals surface area (Å²) in [6.07, 6.45) is 0. The summed E-state index contributed by atoms with van der Waals surface area (Å²) in [5.74, 6) is 0.232. The third kappa shape index (κ3) is 5.88. The van der Waals surface area contributed by atoms with Gasteiger partial charge in [0.1, 0.15) is 23.5 Å². The van der Waals surface area contributed by atoms with E-state index < -0.39 is 11.9 Å². The lowest BCUT2D eigenvalue weighted by atomic mass is 10.0. The molecule has 2 aromatic carbocycles. The summed E-state index contributed by atoms with van der Waals surface area (Å²) < 4.78 is 19.2. The molecule has 0 aliphatic heterocycles. The third-order valence-electron chi connectivity index (χ3n) is 6.24. The van der Waals surface area contributed by atoms with Crippen LogP contribution in [0.3, 0.4) is 0 Å². The van der Waals surface area contributed by atoms with E-state index in [4.69, 9.17) is 31.1 Å². The first-order valence-electron chi connectivity index (χ1n) is 12.7. The summed E-state index contributed by atoms with van der Waals surface area (Å²) in [5.41, 5.74) is 12.8. The minimum Gasteiger partial charge on any atom is -0.493 e. The van der Waals surface area contributed by atoms with Crippen LogP contribution in [0, 0.1) is 18.3 Å². The molecule has 13 nitrogen and oxygen atoms in total. The van der Waals surface area contributed by atoms with Gasteiger partial charge >= 0.3 is 6.01 Å². The Hall–Kier alpha value is -5.20. The lowest BCUT2D eigenvalue weighted by molar-refractivity contribution is -0.122. The van der Waals surface area contributed by atoms with E-state index in [2.05, 4.69) is 15.0 Å². The van der Waals surface area contributed by atoms with Crippen molar-refractivity contribution in [2.45, 2.75) is 26.8 Å². The molecular formula is C28H32N8O5. The zero-order valence-corrected chi connectivity index (χ0v) is 23.6. The summed E-state index contributed by atoms with van der Waals surface area (Å²) in [5, 5.41) is 7.79. The van der Waals surface area contributed by atoms with Crippen LogP contribution < -0.4 is 25.7 Å². The lowest BCUT2D eigenvalue weighted by Gasteiger charge is -2.21. The molecule has 0 bridgehead atoms. The number of carbonyl (C=O) groups excluding carboxylic acids is 2. The van der Waals surface area contributed by atoms with Crippen LogP contribution in [0.25, 0.3) is 11.2 Å². The molecule has 0 radical (unpaired) electrons. The summed E-state index contributed by atoms with van der Waals surface area (Å²) in [6.45, 7) is 5.45. The molecule has 2 aromatic heterocycles. The number of carbonyl (C=O) groups is 2. The largest absolute Gasteiger partial charge is 0.493 e. The normalized spacial score (nSPS) is 11.8. The predicted molar refractivity (Wildman–Crippen MR) is 152 cm³/mol. The number of methoxy groups -OCH3 is 1. The maximum Gasteiger partial charge on any atom is 0.327 e. The summed E-state index contributed by atoms with van der Waals surface area (Å²) in [4.78, 5) is 40.2. The number of aromatic nitrogens is 4. The van der Waals surface area contributed by atoms with E-state index >= 15 is 0 Å². The first-order chi connectivity index (χ1) is 19.4. The SMILES string of the molecule is COc1ccc(C(=N)N)cc1Oc1nc(Oc2cccc(C(=O)N(C)C)c2)c2nc(C)n(C(C(N)=O)C(C)C)c2n1. The van der Waals surface area contributed by atoms with E-state index in [1.165, 1.54) is 18.1 Å². The lowest BCUT2D eigenvalue weighted by Crippen LogP contribution is -2.31. The fourth-order valence-electron chi connectivity index (χ4n) is 4.33. The van der Waals surface area contributed by atoms with Crippen LogP contribution >= 0.6 is 0 Å². The summed E-state index contributed by atoms with van der Waals surface area (Å²) >= 11 is 0. The van der Waals surface area contributed by atoms with Gasteiger partial charge in [-0.15, -0.1) is 0 Å². The molecule has 2 heterocycles. The van der Waals surface area contributed by atoms with Gasteiger partial charge in [-0.2, -0.15) is 9.97 Å². The van der Waals surface area contributed by atoms with Crippen molar-refractivity contribution in [2.75, 3.05) is 21.2 Å². The standard InChI is InChI=1S/C28H32N8O5/c1-14(2)22(24(31)37)36-15(3)32-21-25(36)33-28(41-20-13-16(23(29)30)10-11-19(20)39-6)34-26(21)40-18-9-7-8-17(12-18)27(38)35(4)5/h7-14,22H,1-6H3,(H3,29,30)(H2,31,37). The van der Waals surface area contributed by atoms with E-state index in [1.54, 1.807) is 62.0 Å². The highest BCUT2D eigenvalue weighted by Crippen LogP contribution is 2.36. The number of fused-ring (bicyclic) bond motifs is 1. The fourth-order valence-corrected chi connectivity index (χ4v) is 4.33. The second-order valence-corrected chi connectivity index (χ2v) is 9.81. The molecule has 0 spiro atoms. The van der Waals surface area contributed by atoms with Crippen molar-refractivity contribution in [3.63, 3.8) is 0 Å². The van der Waals surface area contributed by atoms with Gasteiger partial charge < -0.3 is 30.6 Å². The Bertz CT molecular complexity index is 1650. The number of benzene rings is 2. The fraction of sp³-hybridized carbons (Fsp3) is 0.286. The zero-order valence-electron chi connectivity index (χ0n) is 23.6. The molecule has 5 N–H and O–H groups in total. The van der Waals surface area contributed by atoms with Gasteiger partial charge in [-0.05, 0) is 49.2 Å². The number of nitrogens with one attached hydrogen (secondary N) is 1. The first kappa shape index (κ1) is 28.8. The second kappa shape index (κ2) is 11.5. The molecule has 1 unspecified atom stereocenters. The number of nitrogens with two attached hydrogens (primary N) is 2. The topological polar surface area (TPSA) is 185 Å². The van der Waals surface area contributed by atoms with Crippen molar-refractivity contribution in [3.05, 3.63) is 59.4 Å². The molecule has 1 atom stereocenters. The van der Waals surface area contributed by atoms with E-state index in [0.29, 0.717) is 28.5 Å². The number of hydrogen-bond donors (Lipinski definition) is 3. The zero-order chi connectivity index (χ0) is 30.0. The van der Waals surface area contributed by atoms with E-state index in [9.17, 15) is 9.59 Å². The predicted octanol–water partition coefficient (Wildman–Crippen LogP) is 3.40. The molecule has 0 fully saturated rings. The van der Waals surface area contributed by atoms with Crippen molar-refractivity contribution < 1.29 is 23.8 Å². The van der Waals surface area contributed by atoms with Gasteiger partial charge in [-0.3, -0.25) is 19.6 Å². The average molecular weight is 561 g/mol. The average Bonchev–Trinajstić information content (AvgIpc) is 3.23. The van der Waals surface area contributed by atoms with Crippen molar-refractivity contribution in [3.8, 4) is 29.1 Å². The van der Waals surface area contributed by atoms with Crippen LogP contribution in [-0.2, 0) is 4.79 Å². The van der Waals surface area contributed by atoms with Gasteiger partial charge in [0.2, 0.25) is 5.91 Å². The molecule has 13 heteroatoms. The van der Waals surface area contributed by atoms with Gasteiger partial charge in [0, 0.05) is 25.2 Å². The van der Waals surface area contributed by atoms with Crippen molar-refractivity contribution >= 4 is 28.8 Å². The first-order valence-corrected chi connectivity index (χ1v) is 12.7. The molecule has 0 saturated carbocycles. The van der Waals surface area contributed by atoms with Gasteiger partial charge in [0.25, 0.3) is 11.8 Å². The number of rotatable bonds is 10. The number of hydrogen-bond acceptors (Lipinski definition) is 9. The highest BCUT2D eigenvalue weighted by molar-refractivity contribution is 5.95. The maximum absolute atomic E-state index is 12.5. The minimum atomic E-state index is -0.771. The van der Waals surface area contributed by atoms with Gasteiger partial charge in [-0.1, -0.05) is 19.9 Å². The summed E-state index contributed by atoms with van der Waals surface area (Å²) in [7, 11) is 4.78. The van der Waals surface area contributed by atoms with Crippen LogP contribution in [-0.4, -0.2) is 63.3 Å². The Balaban J connectivity index is 1.91. The van der Waals surface area contributed by atoms with Crippen molar-refractivity contribution in [1.29, 1.82) is 5.41 Å². The van der Waals surface area contributed by atoms with Crippen LogP contribution in [0.4, 0.5) is 0 Å². The van der Waals surface area contributed by atoms with Crippen LogP contribution in [0.2, 0.25) is 0 Å². The van der Waals surface area contributed by atoms with E-state index in [-0.39, 0.29) is 46.5 Å². The van der Waals surface area contributed by atoms with E-state index in [1.807, 2.05) is 13.8 Å². The Morgan fingerprint density at radius 1 is 0.976 bits per heavy atom. The van der Waals surface area contributed by atoms with Crippen LogP contribution in [0.15, 0.2) is 42.5 Å². The number of ether oxygens (including phenoxy) is 3. The monoisotopic (exact) mass is 560 g/mol. The van der Waals surface area contributed by atoms with Gasteiger partial charge in [0.05, 0.1) is 7.11 Å². The molecule has 2 amide bonds. The molecule has 4 rings (SSSR count). The van der Waals surface area contributed by atoms with Crippen LogP contribution in [0.5, 0.6) is 29.1 Å². The van der Waals surface area contributed by atoms with Gasteiger partial charge in [-0.25, -0.2) is 4.98 Å². The maximum atomic E-state index is 12.5. The highest BCUT2D eigenvalue weighted by Gasteiger charge is 2.29. The number of nitrogen functional groups attached to an aromatic ring is 1. The molecule has 214 valence electrons. The van der Waals surface area contributed by atoms with Gasteiger partial charge in [0.15, 0.2) is 22.7 Å². The number of amidine groups is 1.